The smallest absolute Gasteiger partial charge is 0.343 e. The van der Waals surface area contributed by atoms with Gasteiger partial charge in [-0.3, -0.25) is 4.79 Å². The number of nitrogens with two attached hydrogens (primary N) is 1. The molecular weight excluding hydrogens is 371 g/mol. The monoisotopic (exact) mass is 393 g/mol. The molecule has 26 heavy (non-hydrogen) atoms. The first kappa shape index (κ1) is 20.7. The third-order valence-electron chi connectivity index (χ3n) is 4.37. The summed E-state index contributed by atoms with van der Waals surface area (Å²) in [6.07, 6.45) is -1.14. The predicted molar refractivity (Wildman–Crippen MR) is 90.0 cm³/mol. The lowest BCUT2D eigenvalue weighted by Gasteiger charge is -2.31. The van der Waals surface area contributed by atoms with E-state index < -0.39 is 28.7 Å². The molecule has 0 spiro atoms. The van der Waals surface area contributed by atoms with Gasteiger partial charge in [0.2, 0.25) is 10.0 Å². The summed E-state index contributed by atoms with van der Waals surface area (Å²) >= 11 is 0. The zero-order valence-corrected chi connectivity index (χ0v) is 14.9. The number of hydrogen-bond donors (Lipinski definition) is 3. The van der Waals surface area contributed by atoms with Gasteiger partial charge in [-0.25, -0.2) is 13.1 Å². The first-order chi connectivity index (χ1) is 12.1. The summed E-state index contributed by atoms with van der Waals surface area (Å²) in [4.78, 5) is 11.6. The third kappa shape index (κ3) is 5.68. The van der Waals surface area contributed by atoms with Crippen molar-refractivity contribution < 1.29 is 26.4 Å². The number of rotatable bonds is 6. The summed E-state index contributed by atoms with van der Waals surface area (Å²) in [5.74, 6) is -0.950. The first-order valence-electron chi connectivity index (χ1n) is 8.30. The van der Waals surface area contributed by atoms with Gasteiger partial charge in [-0.1, -0.05) is 18.9 Å². The van der Waals surface area contributed by atoms with Gasteiger partial charge in [0.05, 0.1) is 4.90 Å². The Balaban J connectivity index is 2.13. The van der Waals surface area contributed by atoms with Crippen LogP contribution in [0.5, 0.6) is 0 Å². The minimum atomic E-state index is -4.54. The molecule has 4 N–H and O–H groups in total. The number of nitrogens with one attached hydrogen (secondary N) is 2. The molecule has 10 heteroatoms. The van der Waals surface area contributed by atoms with Gasteiger partial charge >= 0.3 is 6.18 Å². The quantitative estimate of drug-likeness (QED) is 0.686. The van der Waals surface area contributed by atoms with E-state index in [9.17, 15) is 26.4 Å². The lowest BCUT2D eigenvalue weighted by molar-refractivity contribution is -0.123. The molecular formula is C16H22F3N3O3S. The van der Waals surface area contributed by atoms with Crippen LogP contribution in [0.15, 0.2) is 29.2 Å². The largest absolute Gasteiger partial charge is 0.405 e. The van der Waals surface area contributed by atoms with Gasteiger partial charge in [-0.2, -0.15) is 13.2 Å². The number of amides is 1. The summed E-state index contributed by atoms with van der Waals surface area (Å²) in [5.41, 5.74) is 5.55. The highest BCUT2D eigenvalue weighted by molar-refractivity contribution is 7.89. The molecule has 0 radical (unpaired) electrons. The highest BCUT2D eigenvalue weighted by Gasteiger charge is 2.30. The number of halogens is 3. The van der Waals surface area contributed by atoms with Crippen LogP contribution < -0.4 is 15.8 Å². The van der Waals surface area contributed by atoms with E-state index in [1.165, 1.54) is 18.2 Å². The second kappa shape index (κ2) is 8.36. The molecule has 2 atom stereocenters. The summed E-state index contributed by atoms with van der Waals surface area (Å²) in [5, 5.41) is 1.72. The maximum absolute atomic E-state index is 12.6. The van der Waals surface area contributed by atoms with E-state index in [-0.39, 0.29) is 22.4 Å². The van der Waals surface area contributed by atoms with Gasteiger partial charge in [-0.05, 0) is 43.5 Å². The van der Waals surface area contributed by atoms with Crippen molar-refractivity contribution in [1.29, 1.82) is 0 Å². The molecule has 2 unspecified atom stereocenters. The average molecular weight is 393 g/mol. The highest BCUT2D eigenvalue weighted by atomic mass is 32.2. The van der Waals surface area contributed by atoms with Crippen LogP contribution in [0.1, 0.15) is 36.0 Å². The lowest BCUT2D eigenvalue weighted by Crippen LogP contribution is -2.44. The fraction of sp³-hybridized carbons (Fsp3) is 0.562. The summed E-state index contributed by atoms with van der Waals surface area (Å²) in [7, 11) is -3.91. The van der Waals surface area contributed by atoms with Crippen molar-refractivity contribution in [3.8, 4) is 0 Å². The van der Waals surface area contributed by atoms with Gasteiger partial charge in [0.25, 0.3) is 5.91 Å². The molecule has 1 aromatic rings. The van der Waals surface area contributed by atoms with Crippen LogP contribution in [0.2, 0.25) is 0 Å². The maximum Gasteiger partial charge on any atom is 0.405 e. The second-order valence-electron chi connectivity index (χ2n) is 6.33. The molecule has 1 saturated carbocycles. The zero-order chi connectivity index (χ0) is 19.4. The van der Waals surface area contributed by atoms with Gasteiger partial charge in [0, 0.05) is 11.6 Å². The second-order valence-corrected chi connectivity index (χ2v) is 8.05. The van der Waals surface area contributed by atoms with Gasteiger partial charge in [0.15, 0.2) is 0 Å². The molecule has 6 nitrogen and oxygen atoms in total. The minimum Gasteiger partial charge on any atom is -0.343 e. The summed E-state index contributed by atoms with van der Waals surface area (Å²) in [6.45, 7) is -1.12. The Morgan fingerprint density at radius 3 is 2.58 bits per heavy atom. The fourth-order valence-corrected chi connectivity index (χ4v) is 4.38. The van der Waals surface area contributed by atoms with Gasteiger partial charge in [0.1, 0.15) is 6.54 Å². The van der Waals surface area contributed by atoms with Crippen LogP contribution in [-0.2, 0) is 10.0 Å². The molecule has 0 aromatic heterocycles. The Labute approximate surface area is 150 Å². The molecule has 0 bridgehead atoms. The molecule has 1 aliphatic rings. The van der Waals surface area contributed by atoms with Crippen molar-refractivity contribution >= 4 is 15.9 Å². The summed E-state index contributed by atoms with van der Waals surface area (Å²) < 4.78 is 64.4. The Kier molecular flexibility index (Phi) is 6.64. The van der Waals surface area contributed by atoms with Crippen LogP contribution >= 0.6 is 0 Å². The molecule has 1 aromatic carbocycles. The van der Waals surface area contributed by atoms with Crippen molar-refractivity contribution in [2.45, 2.75) is 42.8 Å². The minimum absolute atomic E-state index is 0.0387. The number of carbonyl (C=O) groups excluding carboxylic acids is 1. The third-order valence-corrected chi connectivity index (χ3v) is 5.86. The zero-order valence-electron chi connectivity index (χ0n) is 14.1. The molecule has 1 aliphatic carbocycles. The van der Waals surface area contributed by atoms with Crippen molar-refractivity contribution in [2.75, 3.05) is 13.1 Å². The van der Waals surface area contributed by atoms with Crippen molar-refractivity contribution in [3.63, 3.8) is 0 Å². The Morgan fingerprint density at radius 2 is 1.92 bits per heavy atom. The van der Waals surface area contributed by atoms with Crippen LogP contribution in [0.4, 0.5) is 13.2 Å². The van der Waals surface area contributed by atoms with Crippen molar-refractivity contribution in [3.05, 3.63) is 29.8 Å². The molecule has 0 heterocycles. The van der Waals surface area contributed by atoms with E-state index in [4.69, 9.17) is 5.73 Å². The molecule has 2 rings (SSSR count). The van der Waals surface area contributed by atoms with Crippen LogP contribution in [0, 0.1) is 5.92 Å². The maximum atomic E-state index is 12.6. The molecule has 0 aliphatic heterocycles. The molecule has 1 fully saturated rings. The Hall–Kier alpha value is -1.65. The van der Waals surface area contributed by atoms with Gasteiger partial charge < -0.3 is 11.1 Å². The van der Waals surface area contributed by atoms with Gasteiger partial charge in [-0.15, -0.1) is 0 Å². The van der Waals surface area contributed by atoms with E-state index >= 15 is 0 Å². The number of hydrogen-bond acceptors (Lipinski definition) is 4. The van der Waals surface area contributed by atoms with Crippen LogP contribution in [-0.4, -0.2) is 39.6 Å². The first-order valence-corrected chi connectivity index (χ1v) is 9.78. The lowest BCUT2D eigenvalue weighted by atomic mass is 9.85. The number of alkyl halides is 3. The van der Waals surface area contributed by atoms with E-state index in [1.54, 1.807) is 5.32 Å². The van der Waals surface area contributed by atoms with E-state index in [0.29, 0.717) is 13.0 Å². The predicted octanol–water partition coefficient (Wildman–Crippen LogP) is 1.77. The van der Waals surface area contributed by atoms with Crippen LogP contribution in [0.25, 0.3) is 0 Å². The number of sulfonamides is 1. The topological polar surface area (TPSA) is 101 Å². The van der Waals surface area contributed by atoms with Crippen LogP contribution in [0.3, 0.4) is 0 Å². The normalized spacial score (nSPS) is 21.4. The van der Waals surface area contributed by atoms with E-state index in [1.807, 2.05) is 0 Å². The molecule has 1 amide bonds. The number of benzene rings is 1. The van der Waals surface area contributed by atoms with E-state index in [2.05, 4.69) is 4.72 Å². The van der Waals surface area contributed by atoms with Crippen molar-refractivity contribution in [2.24, 2.45) is 11.7 Å². The SMILES string of the molecule is NCC1CCCCC1NS(=O)(=O)c1cccc(C(=O)NCC(F)(F)F)c1. The number of carbonyl (C=O) groups is 1. The average Bonchev–Trinajstić information content (AvgIpc) is 2.59. The summed E-state index contributed by atoms with van der Waals surface area (Å²) in [6, 6.07) is 4.64. The standard InChI is InChI=1S/C16H22F3N3O3S/c17-16(18,19)10-21-15(23)11-5-3-6-13(8-11)26(24,25)22-14-7-2-1-4-12(14)9-20/h3,5-6,8,12,14,22H,1-2,4,7,9-10,20H2,(H,21,23). The van der Waals surface area contributed by atoms with Crippen molar-refractivity contribution in [1.82, 2.24) is 10.0 Å². The van der Waals surface area contributed by atoms with E-state index in [0.717, 1.165) is 25.3 Å². The molecule has 0 saturated heterocycles. The Bertz CT molecular complexity index is 738. The highest BCUT2D eigenvalue weighted by Crippen LogP contribution is 2.25. The fourth-order valence-electron chi connectivity index (χ4n) is 3.00. The molecule has 146 valence electrons. The Morgan fingerprint density at radius 1 is 1.23 bits per heavy atom.